The van der Waals surface area contributed by atoms with E-state index in [2.05, 4.69) is 60.7 Å². The van der Waals surface area contributed by atoms with Crippen molar-refractivity contribution in [3.8, 4) is 5.69 Å². The van der Waals surface area contributed by atoms with Gasteiger partial charge in [0.15, 0.2) is 0 Å². The van der Waals surface area contributed by atoms with Gasteiger partial charge in [-0.05, 0) is 49.2 Å². The fourth-order valence-electron chi connectivity index (χ4n) is 3.78. The minimum atomic E-state index is 0.0728. The average Bonchev–Trinajstić information content (AvgIpc) is 3.35. The van der Waals surface area contributed by atoms with E-state index in [1.165, 1.54) is 24.1 Å². The number of quaternary nitrogens is 1. The van der Waals surface area contributed by atoms with Crippen molar-refractivity contribution in [3.05, 3.63) is 66.0 Å². The number of rotatable bonds is 7. The highest BCUT2D eigenvalue weighted by molar-refractivity contribution is 7.99. The van der Waals surface area contributed by atoms with Crippen LogP contribution in [0.4, 0.5) is 5.69 Å². The Morgan fingerprint density at radius 1 is 1.10 bits per heavy atom. The molecule has 0 bridgehead atoms. The van der Waals surface area contributed by atoms with Crippen LogP contribution in [0, 0.1) is 0 Å². The molecule has 6 nitrogen and oxygen atoms in total. The molecule has 1 saturated carbocycles. The second kappa shape index (κ2) is 8.41. The van der Waals surface area contributed by atoms with Crippen molar-refractivity contribution in [3.63, 3.8) is 0 Å². The standard InChI is InChI=1S/C23H27N5OS/c1-27(2)18-12-10-17(11-13-18)22-24-14-20(29-22)15-30-23-25-21(16-8-9-16)28(26-23)19-6-4-3-5-7-19/h3-7,10-13,16,20,22,24H,8-9,14-15H2,1-2H3/p+1/t20-,22-/m1/s1. The Kier molecular flexibility index (Phi) is 5.50. The normalized spacial score (nSPS) is 21.1. The van der Waals surface area contributed by atoms with E-state index in [0.717, 1.165) is 29.0 Å². The molecule has 1 aromatic heterocycles. The lowest BCUT2D eigenvalue weighted by molar-refractivity contribution is -0.697. The van der Waals surface area contributed by atoms with E-state index in [1.54, 1.807) is 11.8 Å². The van der Waals surface area contributed by atoms with Crippen molar-refractivity contribution in [1.29, 1.82) is 0 Å². The quantitative estimate of drug-likeness (QED) is 0.593. The molecule has 2 fully saturated rings. The molecular weight excluding hydrogens is 394 g/mol. The lowest BCUT2D eigenvalue weighted by Crippen LogP contribution is -2.82. The van der Waals surface area contributed by atoms with Crippen LogP contribution in [0.25, 0.3) is 5.69 Å². The highest BCUT2D eigenvalue weighted by Gasteiger charge is 2.32. The second-order valence-electron chi connectivity index (χ2n) is 8.22. The predicted molar refractivity (Wildman–Crippen MR) is 119 cm³/mol. The molecule has 1 aliphatic carbocycles. The number of thioether (sulfide) groups is 1. The molecule has 0 amide bonds. The third kappa shape index (κ3) is 4.24. The maximum Gasteiger partial charge on any atom is 0.217 e. The monoisotopic (exact) mass is 422 g/mol. The molecule has 0 spiro atoms. The van der Waals surface area contributed by atoms with Crippen LogP contribution in [-0.4, -0.2) is 47.3 Å². The lowest BCUT2D eigenvalue weighted by Gasteiger charge is -2.14. The summed E-state index contributed by atoms with van der Waals surface area (Å²) in [5.74, 6) is 2.52. The van der Waals surface area contributed by atoms with Gasteiger partial charge in [0.1, 0.15) is 18.5 Å². The molecule has 2 aromatic carbocycles. The van der Waals surface area contributed by atoms with Crippen LogP contribution < -0.4 is 10.2 Å². The van der Waals surface area contributed by atoms with E-state index < -0.39 is 0 Å². The first kappa shape index (κ1) is 19.6. The third-order valence-electron chi connectivity index (χ3n) is 5.64. The summed E-state index contributed by atoms with van der Waals surface area (Å²) in [4.78, 5) is 6.97. The Morgan fingerprint density at radius 3 is 2.57 bits per heavy atom. The van der Waals surface area contributed by atoms with Crippen LogP contribution in [0.3, 0.4) is 0 Å². The molecule has 2 heterocycles. The van der Waals surface area contributed by atoms with E-state index in [9.17, 15) is 0 Å². The highest BCUT2D eigenvalue weighted by atomic mass is 32.2. The smallest absolute Gasteiger partial charge is 0.217 e. The van der Waals surface area contributed by atoms with Gasteiger partial charge in [-0.3, -0.25) is 0 Å². The number of hydrogen-bond acceptors (Lipinski definition) is 5. The van der Waals surface area contributed by atoms with Crippen LogP contribution in [0.5, 0.6) is 0 Å². The zero-order valence-electron chi connectivity index (χ0n) is 17.4. The molecule has 7 heteroatoms. The maximum atomic E-state index is 6.30. The molecule has 156 valence electrons. The van der Waals surface area contributed by atoms with Crippen molar-refractivity contribution < 1.29 is 10.1 Å². The van der Waals surface area contributed by atoms with Gasteiger partial charge in [0, 0.05) is 37.0 Å². The molecule has 2 aliphatic rings. The van der Waals surface area contributed by atoms with E-state index in [1.807, 2.05) is 22.9 Å². The number of benzene rings is 2. The van der Waals surface area contributed by atoms with Gasteiger partial charge in [0.25, 0.3) is 0 Å². The lowest BCUT2D eigenvalue weighted by atomic mass is 10.2. The number of nitrogens with zero attached hydrogens (tertiary/aromatic N) is 4. The van der Waals surface area contributed by atoms with Crippen LogP contribution >= 0.6 is 11.8 Å². The van der Waals surface area contributed by atoms with Crippen molar-refractivity contribution in [2.24, 2.45) is 0 Å². The Hall–Kier alpha value is -2.35. The van der Waals surface area contributed by atoms with Crippen molar-refractivity contribution >= 4 is 17.4 Å². The predicted octanol–water partition coefficient (Wildman–Crippen LogP) is 2.96. The molecule has 1 aliphatic heterocycles. The summed E-state index contributed by atoms with van der Waals surface area (Å²) in [5.41, 5.74) is 3.51. The van der Waals surface area contributed by atoms with Crippen LogP contribution in [-0.2, 0) is 4.74 Å². The Bertz CT molecular complexity index is 985. The Labute approximate surface area is 181 Å². The van der Waals surface area contributed by atoms with Gasteiger partial charge in [-0.2, -0.15) is 0 Å². The van der Waals surface area contributed by atoms with Gasteiger partial charge in [-0.1, -0.05) is 30.0 Å². The van der Waals surface area contributed by atoms with Gasteiger partial charge in [0.05, 0.1) is 5.69 Å². The first-order valence-corrected chi connectivity index (χ1v) is 11.6. The summed E-state index contributed by atoms with van der Waals surface area (Å²) in [6.07, 6.45) is 2.69. The molecule has 2 atom stereocenters. The average molecular weight is 423 g/mol. The summed E-state index contributed by atoms with van der Waals surface area (Å²) in [5, 5.41) is 7.93. The van der Waals surface area contributed by atoms with Gasteiger partial charge in [-0.25, -0.2) is 9.67 Å². The van der Waals surface area contributed by atoms with Gasteiger partial charge < -0.3 is 15.0 Å². The van der Waals surface area contributed by atoms with Crippen molar-refractivity contribution in [2.45, 2.75) is 36.2 Å². The number of aromatic nitrogens is 3. The zero-order chi connectivity index (χ0) is 20.5. The third-order valence-corrected chi connectivity index (χ3v) is 6.61. The molecule has 2 N–H and O–H groups in total. The second-order valence-corrected chi connectivity index (χ2v) is 9.21. The summed E-state index contributed by atoms with van der Waals surface area (Å²) in [6.45, 7) is 0.960. The van der Waals surface area contributed by atoms with E-state index in [-0.39, 0.29) is 12.3 Å². The Balaban J connectivity index is 1.22. The summed E-state index contributed by atoms with van der Waals surface area (Å²) in [6, 6.07) is 18.9. The molecule has 3 aromatic rings. The fraction of sp³-hybridized carbons (Fsp3) is 0.391. The highest BCUT2D eigenvalue weighted by Crippen LogP contribution is 2.40. The van der Waals surface area contributed by atoms with Crippen LogP contribution in [0.15, 0.2) is 59.8 Å². The van der Waals surface area contributed by atoms with Crippen molar-refractivity contribution in [2.75, 3.05) is 31.3 Å². The summed E-state index contributed by atoms with van der Waals surface area (Å²) >= 11 is 1.70. The number of hydrogen-bond donors (Lipinski definition) is 1. The minimum Gasteiger partial charge on any atom is -0.378 e. The number of anilines is 1. The summed E-state index contributed by atoms with van der Waals surface area (Å²) < 4.78 is 8.32. The van der Waals surface area contributed by atoms with Crippen LogP contribution in [0.2, 0.25) is 0 Å². The first-order chi connectivity index (χ1) is 14.7. The van der Waals surface area contributed by atoms with E-state index in [0.29, 0.717) is 5.92 Å². The minimum absolute atomic E-state index is 0.0728. The van der Waals surface area contributed by atoms with E-state index in [4.69, 9.17) is 14.8 Å². The van der Waals surface area contributed by atoms with Crippen molar-refractivity contribution in [1.82, 2.24) is 14.8 Å². The van der Waals surface area contributed by atoms with Crippen LogP contribution in [0.1, 0.15) is 36.4 Å². The fourth-order valence-corrected chi connectivity index (χ4v) is 4.62. The van der Waals surface area contributed by atoms with Gasteiger partial charge in [-0.15, -0.1) is 5.10 Å². The largest absolute Gasteiger partial charge is 0.378 e. The number of para-hydroxylation sites is 1. The number of nitrogens with two attached hydrogens (primary N) is 1. The molecule has 0 unspecified atom stereocenters. The zero-order valence-corrected chi connectivity index (χ0v) is 18.3. The number of ether oxygens (including phenoxy) is 1. The molecule has 1 saturated heterocycles. The maximum absolute atomic E-state index is 6.30. The Morgan fingerprint density at radius 2 is 1.87 bits per heavy atom. The first-order valence-electron chi connectivity index (χ1n) is 10.6. The SMILES string of the molecule is CN(C)c1ccc([C@@H]2[NH2+]C[C@H](CSc3nc(C4CC4)n(-c4ccccc4)n3)O2)cc1. The topological polar surface area (TPSA) is 59.8 Å². The van der Waals surface area contributed by atoms with Gasteiger partial charge >= 0.3 is 0 Å². The molecular formula is C23H28N5OS+. The van der Waals surface area contributed by atoms with Gasteiger partial charge in [0.2, 0.25) is 11.4 Å². The molecule has 30 heavy (non-hydrogen) atoms. The molecule has 5 rings (SSSR count). The summed E-state index contributed by atoms with van der Waals surface area (Å²) in [7, 11) is 4.12. The van der Waals surface area contributed by atoms with E-state index >= 15 is 0 Å². The molecule has 0 radical (unpaired) electrons.